The first kappa shape index (κ1) is 14.8. The molecule has 0 aromatic carbocycles. The molecule has 1 unspecified atom stereocenters. The Labute approximate surface area is 93.4 Å². The van der Waals surface area contributed by atoms with Gasteiger partial charge in [-0.25, -0.2) is 0 Å². The number of rotatable bonds is 7. The number of nitrogens with zero attached hydrogens (tertiary/aromatic N) is 2. The lowest BCUT2D eigenvalue weighted by atomic mass is 10.2. The van der Waals surface area contributed by atoms with Crippen LogP contribution in [-0.2, 0) is 10.2 Å². The van der Waals surface area contributed by atoms with E-state index in [2.05, 4.69) is 0 Å². The highest BCUT2D eigenvalue weighted by atomic mass is 32.2. The molecule has 0 saturated heterocycles. The van der Waals surface area contributed by atoms with Gasteiger partial charge in [-0.15, -0.1) is 0 Å². The van der Waals surface area contributed by atoms with E-state index in [0.717, 1.165) is 0 Å². The van der Waals surface area contributed by atoms with Gasteiger partial charge in [0.2, 0.25) is 0 Å². The molecular formula is C9H23N3O2S. The molecule has 0 aliphatic carbocycles. The molecule has 0 bridgehead atoms. The van der Waals surface area contributed by atoms with Crippen LogP contribution >= 0.6 is 0 Å². The summed E-state index contributed by atoms with van der Waals surface area (Å²) in [6.45, 7) is 7.01. The minimum atomic E-state index is -3.29. The minimum Gasteiger partial charge on any atom is -0.328 e. The average Bonchev–Trinajstić information content (AvgIpc) is 2.15. The molecule has 0 saturated carbocycles. The summed E-state index contributed by atoms with van der Waals surface area (Å²) < 4.78 is 26.6. The van der Waals surface area contributed by atoms with E-state index in [0.29, 0.717) is 26.1 Å². The van der Waals surface area contributed by atoms with Crippen molar-refractivity contribution in [2.45, 2.75) is 33.2 Å². The van der Waals surface area contributed by atoms with Gasteiger partial charge in [-0.05, 0) is 13.3 Å². The van der Waals surface area contributed by atoms with E-state index < -0.39 is 10.2 Å². The monoisotopic (exact) mass is 237 g/mol. The highest BCUT2D eigenvalue weighted by molar-refractivity contribution is 7.86. The third-order valence-corrected chi connectivity index (χ3v) is 4.46. The zero-order valence-corrected chi connectivity index (χ0v) is 10.9. The fourth-order valence-corrected chi connectivity index (χ4v) is 2.63. The van der Waals surface area contributed by atoms with Crippen LogP contribution in [0.1, 0.15) is 27.2 Å². The van der Waals surface area contributed by atoms with Gasteiger partial charge in [-0.2, -0.15) is 17.0 Å². The van der Waals surface area contributed by atoms with Gasteiger partial charge in [0.1, 0.15) is 0 Å². The van der Waals surface area contributed by atoms with E-state index in [1.165, 1.54) is 8.61 Å². The molecule has 0 aliphatic rings. The van der Waals surface area contributed by atoms with Gasteiger partial charge in [-0.3, -0.25) is 0 Å². The van der Waals surface area contributed by atoms with Gasteiger partial charge < -0.3 is 5.73 Å². The third kappa shape index (κ3) is 4.46. The van der Waals surface area contributed by atoms with Crippen LogP contribution in [-0.4, -0.2) is 49.8 Å². The Morgan fingerprint density at radius 2 is 1.73 bits per heavy atom. The topological polar surface area (TPSA) is 66.6 Å². The van der Waals surface area contributed by atoms with Crippen molar-refractivity contribution >= 4 is 10.2 Å². The van der Waals surface area contributed by atoms with Gasteiger partial charge >= 0.3 is 0 Å². The van der Waals surface area contributed by atoms with E-state index in [9.17, 15) is 8.42 Å². The summed E-state index contributed by atoms with van der Waals surface area (Å²) in [5, 5.41) is 0. The molecule has 0 fully saturated rings. The van der Waals surface area contributed by atoms with Crippen LogP contribution in [0.4, 0.5) is 0 Å². The summed E-state index contributed by atoms with van der Waals surface area (Å²) in [5.74, 6) is 0. The van der Waals surface area contributed by atoms with Crippen LogP contribution in [0, 0.1) is 0 Å². The predicted octanol–water partition coefficient (Wildman–Crippen LogP) is 0.242. The van der Waals surface area contributed by atoms with E-state index >= 15 is 0 Å². The minimum absolute atomic E-state index is 0.0272. The van der Waals surface area contributed by atoms with E-state index in [1.807, 2.05) is 20.8 Å². The molecule has 15 heavy (non-hydrogen) atoms. The van der Waals surface area contributed by atoms with Gasteiger partial charge in [-0.1, -0.05) is 13.8 Å². The van der Waals surface area contributed by atoms with Crippen molar-refractivity contribution in [3.8, 4) is 0 Å². The molecule has 0 heterocycles. The molecule has 6 heteroatoms. The first-order valence-electron chi connectivity index (χ1n) is 5.33. The maximum atomic E-state index is 11.9. The molecule has 2 N–H and O–H groups in total. The number of hydrogen-bond donors (Lipinski definition) is 1. The van der Waals surface area contributed by atoms with Crippen molar-refractivity contribution in [3.05, 3.63) is 0 Å². The van der Waals surface area contributed by atoms with E-state index in [4.69, 9.17) is 5.73 Å². The second kappa shape index (κ2) is 6.42. The van der Waals surface area contributed by atoms with Gasteiger partial charge in [0.25, 0.3) is 10.2 Å². The zero-order valence-electron chi connectivity index (χ0n) is 10.1. The fraction of sp³-hybridized carbons (Fsp3) is 1.00. The van der Waals surface area contributed by atoms with Gasteiger partial charge in [0.15, 0.2) is 0 Å². The standard InChI is InChI=1S/C9H23N3O2S/c1-5-12(6-2)15(13,14)11(4)8-7-9(3)10/h9H,5-8,10H2,1-4H3. The van der Waals surface area contributed by atoms with Crippen LogP contribution in [0.2, 0.25) is 0 Å². The Kier molecular flexibility index (Phi) is 6.35. The molecule has 0 aromatic rings. The first-order chi connectivity index (χ1) is 6.86. The highest BCUT2D eigenvalue weighted by Crippen LogP contribution is 2.06. The summed E-state index contributed by atoms with van der Waals surface area (Å²) in [7, 11) is -1.69. The van der Waals surface area contributed by atoms with Gasteiger partial charge in [0, 0.05) is 32.7 Å². The highest BCUT2D eigenvalue weighted by Gasteiger charge is 2.23. The summed E-state index contributed by atoms with van der Waals surface area (Å²) in [5.41, 5.74) is 5.59. The molecule has 0 amide bonds. The zero-order chi connectivity index (χ0) is 12.1. The summed E-state index contributed by atoms with van der Waals surface area (Å²) in [6, 6.07) is 0.0272. The quantitative estimate of drug-likeness (QED) is 0.690. The molecule has 0 radical (unpaired) electrons. The Morgan fingerprint density at radius 1 is 1.27 bits per heavy atom. The second-order valence-corrected chi connectivity index (χ2v) is 5.71. The Morgan fingerprint density at radius 3 is 2.07 bits per heavy atom. The van der Waals surface area contributed by atoms with Crippen molar-refractivity contribution in [1.82, 2.24) is 8.61 Å². The summed E-state index contributed by atoms with van der Waals surface area (Å²) >= 11 is 0. The summed E-state index contributed by atoms with van der Waals surface area (Å²) in [6.07, 6.45) is 0.678. The molecular weight excluding hydrogens is 214 g/mol. The fourth-order valence-electron chi connectivity index (χ4n) is 1.25. The molecule has 5 nitrogen and oxygen atoms in total. The SMILES string of the molecule is CCN(CC)S(=O)(=O)N(C)CCC(C)N. The van der Waals surface area contributed by atoms with Crippen molar-refractivity contribution in [2.24, 2.45) is 5.73 Å². The lowest BCUT2D eigenvalue weighted by Gasteiger charge is -2.25. The Balaban J connectivity index is 4.44. The summed E-state index contributed by atoms with van der Waals surface area (Å²) in [4.78, 5) is 0. The van der Waals surface area contributed by atoms with Crippen LogP contribution in [0.25, 0.3) is 0 Å². The second-order valence-electron chi connectivity index (χ2n) is 3.68. The molecule has 0 spiro atoms. The molecule has 1 atom stereocenters. The predicted molar refractivity (Wildman–Crippen MR) is 62.7 cm³/mol. The molecule has 0 aromatic heterocycles. The van der Waals surface area contributed by atoms with Crippen molar-refractivity contribution in [2.75, 3.05) is 26.7 Å². The van der Waals surface area contributed by atoms with Crippen LogP contribution < -0.4 is 5.73 Å². The third-order valence-electron chi connectivity index (χ3n) is 2.32. The van der Waals surface area contributed by atoms with E-state index in [1.54, 1.807) is 7.05 Å². The first-order valence-corrected chi connectivity index (χ1v) is 6.72. The molecule has 92 valence electrons. The Hall–Kier alpha value is -0.170. The van der Waals surface area contributed by atoms with Crippen molar-refractivity contribution in [1.29, 1.82) is 0 Å². The molecule has 0 rings (SSSR count). The van der Waals surface area contributed by atoms with Gasteiger partial charge in [0.05, 0.1) is 0 Å². The van der Waals surface area contributed by atoms with E-state index in [-0.39, 0.29) is 6.04 Å². The average molecular weight is 237 g/mol. The van der Waals surface area contributed by atoms with Crippen LogP contribution in [0.5, 0.6) is 0 Å². The Bertz CT molecular complexity index is 261. The van der Waals surface area contributed by atoms with Crippen LogP contribution in [0.15, 0.2) is 0 Å². The molecule has 0 aliphatic heterocycles. The van der Waals surface area contributed by atoms with Crippen molar-refractivity contribution < 1.29 is 8.42 Å². The smallest absolute Gasteiger partial charge is 0.281 e. The van der Waals surface area contributed by atoms with Crippen LogP contribution in [0.3, 0.4) is 0 Å². The maximum absolute atomic E-state index is 11.9. The normalized spacial score (nSPS) is 14.9. The maximum Gasteiger partial charge on any atom is 0.281 e. The number of hydrogen-bond acceptors (Lipinski definition) is 3. The lowest BCUT2D eigenvalue weighted by molar-refractivity contribution is 0.370. The largest absolute Gasteiger partial charge is 0.328 e. The number of nitrogens with two attached hydrogens (primary N) is 1. The van der Waals surface area contributed by atoms with Crippen molar-refractivity contribution in [3.63, 3.8) is 0 Å². The lowest BCUT2D eigenvalue weighted by Crippen LogP contribution is -2.42.